The van der Waals surface area contributed by atoms with E-state index in [1.807, 2.05) is 55.5 Å². The van der Waals surface area contributed by atoms with Crippen LogP contribution in [0.5, 0.6) is 0 Å². The number of carbonyl (C=O) groups excluding carboxylic acids is 2. The first-order valence-corrected chi connectivity index (χ1v) is 8.18. The maximum atomic E-state index is 12.3. The first-order chi connectivity index (χ1) is 11.5. The SMILES string of the molecule is CCc1ccc(NC(=O)CN(Cc2ccccc2C)C(C)=O)cc1. The Morgan fingerprint density at radius 3 is 2.29 bits per heavy atom. The van der Waals surface area contributed by atoms with E-state index in [1.54, 1.807) is 4.90 Å². The Bertz CT molecular complexity index is 708. The van der Waals surface area contributed by atoms with Crippen LogP contribution < -0.4 is 5.32 Å². The quantitative estimate of drug-likeness (QED) is 0.883. The number of aryl methyl sites for hydroxylation is 2. The summed E-state index contributed by atoms with van der Waals surface area (Å²) in [5.41, 5.74) is 4.13. The van der Waals surface area contributed by atoms with E-state index in [9.17, 15) is 9.59 Å². The third-order valence-electron chi connectivity index (χ3n) is 4.05. The lowest BCUT2D eigenvalue weighted by molar-refractivity contribution is -0.133. The average Bonchev–Trinajstić information content (AvgIpc) is 2.56. The molecule has 2 amide bonds. The number of rotatable bonds is 6. The maximum Gasteiger partial charge on any atom is 0.244 e. The molecule has 0 spiro atoms. The molecule has 0 saturated carbocycles. The molecular formula is C20H24N2O2. The summed E-state index contributed by atoms with van der Waals surface area (Å²) in [5.74, 6) is -0.308. The minimum absolute atomic E-state index is 0.0409. The number of carbonyl (C=O) groups is 2. The highest BCUT2D eigenvalue weighted by Crippen LogP contribution is 2.12. The van der Waals surface area contributed by atoms with E-state index in [4.69, 9.17) is 0 Å². The van der Waals surface area contributed by atoms with Gasteiger partial charge in [-0.3, -0.25) is 9.59 Å². The van der Waals surface area contributed by atoms with Gasteiger partial charge in [-0.2, -0.15) is 0 Å². The van der Waals surface area contributed by atoms with Gasteiger partial charge in [0.1, 0.15) is 6.54 Å². The Morgan fingerprint density at radius 2 is 1.71 bits per heavy atom. The second kappa shape index (κ2) is 8.29. The lowest BCUT2D eigenvalue weighted by atomic mass is 10.1. The monoisotopic (exact) mass is 324 g/mol. The Balaban J connectivity index is 2.00. The minimum Gasteiger partial charge on any atom is -0.329 e. The molecule has 0 radical (unpaired) electrons. The van der Waals surface area contributed by atoms with Gasteiger partial charge in [0.25, 0.3) is 0 Å². The lowest BCUT2D eigenvalue weighted by Crippen LogP contribution is -2.36. The summed E-state index contributed by atoms with van der Waals surface area (Å²) >= 11 is 0. The van der Waals surface area contributed by atoms with Crippen molar-refractivity contribution in [3.63, 3.8) is 0 Å². The Morgan fingerprint density at radius 1 is 1.04 bits per heavy atom. The fourth-order valence-corrected chi connectivity index (χ4v) is 2.47. The summed E-state index contributed by atoms with van der Waals surface area (Å²) < 4.78 is 0. The molecule has 0 heterocycles. The summed E-state index contributed by atoms with van der Waals surface area (Å²) in [6.45, 7) is 6.05. The molecule has 0 aromatic heterocycles. The topological polar surface area (TPSA) is 49.4 Å². The zero-order chi connectivity index (χ0) is 17.5. The van der Waals surface area contributed by atoms with E-state index in [2.05, 4.69) is 12.2 Å². The highest BCUT2D eigenvalue weighted by molar-refractivity contribution is 5.94. The second-order valence-corrected chi connectivity index (χ2v) is 5.90. The molecule has 0 saturated heterocycles. The van der Waals surface area contributed by atoms with Crippen molar-refractivity contribution in [2.24, 2.45) is 0 Å². The predicted molar refractivity (Wildman–Crippen MR) is 96.7 cm³/mol. The molecule has 0 unspecified atom stereocenters. The molecule has 2 aromatic rings. The van der Waals surface area contributed by atoms with Crippen molar-refractivity contribution in [2.75, 3.05) is 11.9 Å². The van der Waals surface area contributed by atoms with Crippen LogP contribution in [0.25, 0.3) is 0 Å². The normalized spacial score (nSPS) is 10.3. The van der Waals surface area contributed by atoms with Gasteiger partial charge < -0.3 is 10.2 Å². The van der Waals surface area contributed by atoms with Crippen molar-refractivity contribution in [2.45, 2.75) is 33.7 Å². The van der Waals surface area contributed by atoms with Gasteiger partial charge in [0.15, 0.2) is 0 Å². The summed E-state index contributed by atoms with van der Waals surface area (Å²) in [6, 6.07) is 15.6. The van der Waals surface area contributed by atoms with Crippen molar-refractivity contribution in [3.8, 4) is 0 Å². The molecule has 1 N–H and O–H groups in total. The van der Waals surface area contributed by atoms with Gasteiger partial charge >= 0.3 is 0 Å². The van der Waals surface area contributed by atoms with Gasteiger partial charge in [0, 0.05) is 19.2 Å². The molecule has 4 heteroatoms. The van der Waals surface area contributed by atoms with E-state index in [0.717, 1.165) is 23.2 Å². The predicted octanol–water partition coefficient (Wildman–Crippen LogP) is 3.54. The van der Waals surface area contributed by atoms with Gasteiger partial charge in [0.2, 0.25) is 11.8 Å². The average molecular weight is 324 g/mol. The van der Waals surface area contributed by atoms with Crippen LogP contribution >= 0.6 is 0 Å². The molecule has 4 nitrogen and oxygen atoms in total. The molecule has 0 aliphatic rings. The molecule has 0 atom stereocenters. The second-order valence-electron chi connectivity index (χ2n) is 5.90. The van der Waals surface area contributed by atoms with Crippen molar-refractivity contribution in [3.05, 3.63) is 65.2 Å². The van der Waals surface area contributed by atoms with Crippen LogP contribution in [0.3, 0.4) is 0 Å². The number of amides is 2. The van der Waals surface area contributed by atoms with Crippen LogP contribution in [0.2, 0.25) is 0 Å². The third kappa shape index (κ3) is 4.95. The first-order valence-electron chi connectivity index (χ1n) is 8.18. The van der Waals surface area contributed by atoms with E-state index >= 15 is 0 Å². The minimum atomic E-state index is -0.192. The zero-order valence-electron chi connectivity index (χ0n) is 14.5. The van der Waals surface area contributed by atoms with Crippen LogP contribution in [0.15, 0.2) is 48.5 Å². The lowest BCUT2D eigenvalue weighted by Gasteiger charge is -2.21. The van der Waals surface area contributed by atoms with Gasteiger partial charge in [-0.1, -0.05) is 43.3 Å². The summed E-state index contributed by atoms with van der Waals surface area (Å²) in [4.78, 5) is 25.7. The van der Waals surface area contributed by atoms with Gasteiger partial charge in [-0.15, -0.1) is 0 Å². The van der Waals surface area contributed by atoms with Crippen LogP contribution in [0, 0.1) is 6.92 Å². The van der Waals surface area contributed by atoms with Crippen molar-refractivity contribution < 1.29 is 9.59 Å². The molecular weight excluding hydrogens is 300 g/mol. The highest BCUT2D eigenvalue weighted by atomic mass is 16.2. The van der Waals surface area contributed by atoms with Gasteiger partial charge in [-0.05, 0) is 42.2 Å². The molecule has 24 heavy (non-hydrogen) atoms. The van der Waals surface area contributed by atoms with Crippen LogP contribution in [0.4, 0.5) is 5.69 Å². The summed E-state index contributed by atoms with van der Waals surface area (Å²) in [7, 11) is 0. The Hall–Kier alpha value is -2.62. The van der Waals surface area contributed by atoms with E-state index in [-0.39, 0.29) is 18.4 Å². The number of nitrogens with one attached hydrogen (secondary N) is 1. The number of anilines is 1. The van der Waals surface area contributed by atoms with Crippen molar-refractivity contribution >= 4 is 17.5 Å². The zero-order valence-corrected chi connectivity index (χ0v) is 14.5. The fraction of sp³-hybridized carbons (Fsp3) is 0.300. The van der Waals surface area contributed by atoms with Gasteiger partial charge in [-0.25, -0.2) is 0 Å². The van der Waals surface area contributed by atoms with Crippen molar-refractivity contribution in [1.29, 1.82) is 0 Å². The van der Waals surface area contributed by atoms with E-state index < -0.39 is 0 Å². The van der Waals surface area contributed by atoms with E-state index in [1.165, 1.54) is 12.5 Å². The summed E-state index contributed by atoms with van der Waals surface area (Å²) in [5, 5.41) is 2.85. The summed E-state index contributed by atoms with van der Waals surface area (Å²) in [6.07, 6.45) is 0.961. The molecule has 0 bridgehead atoms. The Labute approximate surface area is 143 Å². The molecule has 2 rings (SSSR count). The largest absolute Gasteiger partial charge is 0.329 e. The van der Waals surface area contributed by atoms with E-state index in [0.29, 0.717) is 6.54 Å². The van der Waals surface area contributed by atoms with Crippen LogP contribution in [0.1, 0.15) is 30.5 Å². The molecule has 0 fully saturated rings. The smallest absolute Gasteiger partial charge is 0.244 e. The number of benzene rings is 2. The molecule has 0 aliphatic heterocycles. The first kappa shape index (κ1) is 17.7. The Kier molecular flexibility index (Phi) is 6.13. The van der Waals surface area contributed by atoms with Crippen molar-refractivity contribution in [1.82, 2.24) is 4.90 Å². The molecule has 0 aliphatic carbocycles. The number of hydrogen-bond acceptors (Lipinski definition) is 2. The maximum absolute atomic E-state index is 12.3. The number of nitrogens with zero attached hydrogens (tertiary/aromatic N) is 1. The number of hydrogen-bond donors (Lipinski definition) is 1. The van der Waals surface area contributed by atoms with Crippen LogP contribution in [-0.4, -0.2) is 23.3 Å². The highest BCUT2D eigenvalue weighted by Gasteiger charge is 2.15. The fourth-order valence-electron chi connectivity index (χ4n) is 2.47. The standard InChI is InChI=1S/C20H24N2O2/c1-4-17-9-11-19(12-10-17)21-20(24)14-22(16(3)23)13-18-8-6-5-7-15(18)2/h5-12H,4,13-14H2,1-3H3,(H,21,24). The van der Waals surface area contributed by atoms with Gasteiger partial charge in [0.05, 0.1) is 0 Å². The third-order valence-corrected chi connectivity index (χ3v) is 4.05. The molecule has 2 aromatic carbocycles. The van der Waals surface area contributed by atoms with Crippen LogP contribution in [-0.2, 0) is 22.6 Å². The molecule has 126 valence electrons.